The van der Waals surface area contributed by atoms with Crippen LogP contribution < -0.4 is 10.1 Å². The van der Waals surface area contributed by atoms with E-state index >= 15 is 0 Å². The van der Waals surface area contributed by atoms with Gasteiger partial charge in [0.1, 0.15) is 5.75 Å². The lowest BCUT2D eigenvalue weighted by molar-refractivity contribution is 0.191. The third-order valence-electron chi connectivity index (χ3n) is 2.83. The first kappa shape index (κ1) is 13.9. The van der Waals surface area contributed by atoms with Gasteiger partial charge in [-0.15, -0.1) is 0 Å². The molecule has 0 saturated heterocycles. The fourth-order valence-electron chi connectivity index (χ4n) is 1.78. The minimum Gasteiger partial charge on any atom is -0.495 e. The second-order valence-corrected chi connectivity index (χ2v) is 5.01. The molecule has 0 saturated carbocycles. The van der Waals surface area contributed by atoms with Gasteiger partial charge in [0.05, 0.1) is 17.7 Å². The van der Waals surface area contributed by atoms with Gasteiger partial charge in [0.2, 0.25) is 0 Å². The summed E-state index contributed by atoms with van der Waals surface area (Å²) in [7, 11) is 1.63. The van der Waals surface area contributed by atoms with Crippen LogP contribution in [0.25, 0.3) is 0 Å². The number of aliphatic hydroxyl groups excluding tert-OH is 1. The molecule has 4 heteroatoms. The monoisotopic (exact) mass is 321 g/mol. The van der Waals surface area contributed by atoms with E-state index in [1.165, 1.54) is 0 Å². The molecule has 19 heavy (non-hydrogen) atoms. The lowest BCUT2D eigenvalue weighted by atomic mass is 10.1. The predicted octanol–water partition coefficient (Wildman–Crippen LogP) is 3.60. The maximum atomic E-state index is 10.1. The molecule has 0 radical (unpaired) electrons. The van der Waals surface area contributed by atoms with E-state index < -0.39 is 6.10 Å². The van der Waals surface area contributed by atoms with Crippen molar-refractivity contribution in [1.82, 2.24) is 0 Å². The van der Waals surface area contributed by atoms with Crippen molar-refractivity contribution in [2.24, 2.45) is 0 Å². The Bertz CT molecular complexity index is 531. The van der Waals surface area contributed by atoms with E-state index in [9.17, 15) is 5.11 Å². The first-order valence-corrected chi connectivity index (χ1v) is 6.80. The Morgan fingerprint density at radius 1 is 1.21 bits per heavy atom. The zero-order valence-electron chi connectivity index (χ0n) is 10.6. The molecule has 2 rings (SSSR count). The molecule has 1 unspecified atom stereocenters. The van der Waals surface area contributed by atoms with Crippen LogP contribution in [0.4, 0.5) is 5.69 Å². The summed E-state index contributed by atoms with van der Waals surface area (Å²) in [6.07, 6.45) is -0.532. The van der Waals surface area contributed by atoms with Gasteiger partial charge in [0.15, 0.2) is 0 Å². The van der Waals surface area contributed by atoms with Crippen LogP contribution in [0.15, 0.2) is 53.0 Å². The van der Waals surface area contributed by atoms with Crippen LogP contribution in [0.5, 0.6) is 5.75 Å². The summed E-state index contributed by atoms with van der Waals surface area (Å²) in [5, 5.41) is 13.3. The number of methoxy groups -OCH3 is 1. The number of nitrogens with one attached hydrogen (secondary N) is 1. The maximum Gasteiger partial charge on any atom is 0.135 e. The minimum atomic E-state index is -0.532. The smallest absolute Gasteiger partial charge is 0.135 e. The molecule has 0 fully saturated rings. The molecule has 0 heterocycles. The third kappa shape index (κ3) is 3.72. The van der Waals surface area contributed by atoms with Crippen molar-refractivity contribution in [2.45, 2.75) is 6.10 Å². The highest BCUT2D eigenvalue weighted by molar-refractivity contribution is 9.10. The van der Waals surface area contributed by atoms with Crippen molar-refractivity contribution in [3.05, 3.63) is 58.6 Å². The van der Waals surface area contributed by atoms with Crippen LogP contribution in [0, 0.1) is 0 Å². The SMILES string of the molecule is COc1cc(NCC(O)c2ccccc2)ccc1Br. The molecule has 0 bridgehead atoms. The van der Waals surface area contributed by atoms with E-state index in [0.717, 1.165) is 21.5 Å². The van der Waals surface area contributed by atoms with E-state index in [1.54, 1.807) is 7.11 Å². The van der Waals surface area contributed by atoms with Gasteiger partial charge in [-0.3, -0.25) is 0 Å². The molecule has 0 aromatic heterocycles. The Balaban J connectivity index is 1.99. The maximum absolute atomic E-state index is 10.1. The number of benzene rings is 2. The van der Waals surface area contributed by atoms with Crippen molar-refractivity contribution >= 4 is 21.6 Å². The molecule has 2 aromatic carbocycles. The van der Waals surface area contributed by atoms with Gasteiger partial charge in [-0.25, -0.2) is 0 Å². The normalized spacial score (nSPS) is 11.9. The largest absolute Gasteiger partial charge is 0.495 e. The van der Waals surface area contributed by atoms with Crippen LogP contribution in [-0.4, -0.2) is 18.8 Å². The van der Waals surface area contributed by atoms with Crippen molar-refractivity contribution in [1.29, 1.82) is 0 Å². The van der Waals surface area contributed by atoms with E-state index in [1.807, 2.05) is 48.5 Å². The van der Waals surface area contributed by atoms with Crippen molar-refractivity contribution in [3.8, 4) is 5.75 Å². The molecular weight excluding hydrogens is 306 g/mol. The molecule has 0 amide bonds. The number of hydrogen-bond acceptors (Lipinski definition) is 3. The Morgan fingerprint density at radius 3 is 2.63 bits per heavy atom. The second kappa shape index (κ2) is 6.59. The summed E-state index contributed by atoms with van der Waals surface area (Å²) < 4.78 is 6.13. The number of ether oxygens (including phenoxy) is 1. The number of rotatable bonds is 5. The summed E-state index contributed by atoms with van der Waals surface area (Å²) in [4.78, 5) is 0. The quantitative estimate of drug-likeness (QED) is 0.884. The van der Waals surface area contributed by atoms with Gasteiger partial charge in [0, 0.05) is 18.3 Å². The topological polar surface area (TPSA) is 41.5 Å². The highest BCUT2D eigenvalue weighted by Crippen LogP contribution is 2.28. The zero-order chi connectivity index (χ0) is 13.7. The molecule has 0 aliphatic carbocycles. The van der Waals surface area contributed by atoms with Crippen LogP contribution >= 0.6 is 15.9 Å². The van der Waals surface area contributed by atoms with E-state index in [4.69, 9.17) is 4.74 Å². The van der Waals surface area contributed by atoms with E-state index in [-0.39, 0.29) is 0 Å². The summed E-state index contributed by atoms with van der Waals surface area (Å²) in [6.45, 7) is 0.453. The fraction of sp³-hybridized carbons (Fsp3) is 0.200. The Morgan fingerprint density at radius 2 is 1.95 bits per heavy atom. The van der Waals surface area contributed by atoms with Crippen LogP contribution in [0.1, 0.15) is 11.7 Å². The van der Waals surface area contributed by atoms with E-state index in [0.29, 0.717) is 6.54 Å². The summed E-state index contributed by atoms with van der Waals surface area (Å²) in [5.41, 5.74) is 1.81. The Labute approximate surface area is 121 Å². The summed E-state index contributed by atoms with van der Waals surface area (Å²) in [5.74, 6) is 0.763. The van der Waals surface area contributed by atoms with Crippen molar-refractivity contribution in [3.63, 3.8) is 0 Å². The third-order valence-corrected chi connectivity index (χ3v) is 3.49. The van der Waals surface area contributed by atoms with E-state index in [2.05, 4.69) is 21.2 Å². The Kier molecular flexibility index (Phi) is 4.82. The predicted molar refractivity (Wildman–Crippen MR) is 80.6 cm³/mol. The molecule has 1 atom stereocenters. The molecule has 3 nitrogen and oxygen atoms in total. The molecule has 2 N–H and O–H groups in total. The first-order chi connectivity index (χ1) is 9.20. The standard InChI is InChI=1S/C15H16BrNO2/c1-19-15-9-12(7-8-13(15)16)17-10-14(18)11-5-3-2-4-6-11/h2-9,14,17-18H,10H2,1H3. The zero-order valence-corrected chi connectivity index (χ0v) is 12.2. The number of anilines is 1. The highest BCUT2D eigenvalue weighted by atomic mass is 79.9. The average Bonchev–Trinajstić information content (AvgIpc) is 2.47. The molecule has 100 valence electrons. The Hall–Kier alpha value is -1.52. The van der Waals surface area contributed by atoms with Crippen molar-refractivity contribution < 1.29 is 9.84 Å². The van der Waals surface area contributed by atoms with Crippen LogP contribution in [0.3, 0.4) is 0 Å². The summed E-state index contributed by atoms with van der Waals surface area (Å²) in [6, 6.07) is 15.3. The number of aliphatic hydroxyl groups is 1. The summed E-state index contributed by atoms with van der Waals surface area (Å²) >= 11 is 3.41. The number of halogens is 1. The number of hydrogen-bond donors (Lipinski definition) is 2. The molecule has 0 spiro atoms. The van der Waals surface area contributed by atoms with Crippen LogP contribution in [0.2, 0.25) is 0 Å². The molecule has 2 aromatic rings. The fourth-order valence-corrected chi connectivity index (χ4v) is 2.19. The van der Waals surface area contributed by atoms with Gasteiger partial charge < -0.3 is 15.2 Å². The average molecular weight is 322 g/mol. The molecule has 0 aliphatic heterocycles. The van der Waals surface area contributed by atoms with Gasteiger partial charge in [-0.2, -0.15) is 0 Å². The molecular formula is C15H16BrNO2. The highest BCUT2D eigenvalue weighted by Gasteiger charge is 2.07. The van der Waals surface area contributed by atoms with Gasteiger partial charge in [-0.05, 0) is 33.6 Å². The lowest BCUT2D eigenvalue weighted by Gasteiger charge is -2.14. The van der Waals surface area contributed by atoms with Gasteiger partial charge >= 0.3 is 0 Å². The molecule has 0 aliphatic rings. The van der Waals surface area contributed by atoms with Gasteiger partial charge in [-0.1, -0.05) is 30.3 Å². The lowest BCUT2D eigenvalue weighted by Crippen LogP contribution is -2.12. The second-order valence-electron chi connectivity index (χ2n) is 4.16. The first-order valence-electron chi connectivity index (χ1n) is 6.01. The van der Waals surface area contributed by atoms with Gasteiger partial charge in [0.25, 0.3) is 0 Å². The van der Waals surface area contributed by atoms with Crippen LogP contribution in [-0.2, 0) is 0 Å². The minimum absolute atomic E-state index is 0.453. The van der Waals surface area contributed by atoms with Crippen molar-refractivity contribution in [2.75, 3.05) is 19.0 Å².